The number of methoxy groups -OCH3 is 1. The summed E-state index contributed by atoms with van der Waals surface area (Å²) in [6.07, 6.45) is 1.45. The number of hydrogen-bond donors (Lipinski definition) is 1. The second kappa shape index (κ2) is 8.33. The van der Waals surface area contributed by atoms with E-state index >= 15 is 0 Å². The summed E-state index contributed by atoms with van der Waals surface area (Å²) < 4.78 is 9.96. The van der Waals surface area contributed by atoms with Crippen molar-refractivity contribution in [3.8, 4) is 0 Å². The number of nitrogens with zero attached hydrogens (tertiary/aromatic N) is 3. The highest BCUT2D eigenvalue weighted by Gasteiger charge is 2.14. The van der Waals surface area contributed by atoms with Gasteiger partial charge in [-0.25, -0.2) is 4.79 Å². The second-order valence-electron chi connectivity index (χ2n) is 5.69. The number of benzene rings is 1. The predicted molar refractivity (Wildman–Crippen MR) is 90.6 cm³/mol. The molecule has 0 aliphatic rings. The van der Waals surface area contributed by atoms with Crippen LogP contribution in [0.1, 0.15) is 43.6 Å². The quantitative estimate of drug-likeness (QED) is 0.837. The van der Waals surface area contributed by atoms with Gasteiger partial charge >= 0.3 is 6.09 Å². The summed E-state index contributed by atoms with van der Waals surface area (Å²) in [4.78, 5) is 17.3. The van der Waals surface area contributed by atoms with E-state index in [0.717, 1.165) is 29.9 Å². The van der Waals surface area contributed by atoms with Crippen LogP contribution in [0.25, 0.3) is 0 Å². The lowest BCUT2D eigenvalue weighted by Gasteiger charge is -2.16. The number of carbonyl (C=O) groups is 1. The molecule has 1 aromatic carbocycles. The minimum absolute atomic E-state index is 0.0771. The topological polar surface area (TPSA) is 80.5 Å². The van der Waals surface area contributed by atoms with Crippen molar-refractivity contribution in [2.45, 2.75) is 39.3 Å². The van der Waals surface area contributed by atoms with E-state index in [2.05, 4.69) is 27.1 Å². The summed E-state index contributed by atoms with van der Waals surface area (Å²) in [5, 5.41) is 7.29. The molecule has 1 atom stereocenters. The van der Waals surface area contributed by atoms with Crippen molar-refractivity contribution >= 4 is 11.8 Å². The van der Waals surface area contributed by atoms with E-state index in [0.29, 0.717) is 12.4 Å². The Morgan fingerprint density at radius 3 is 2.71 bits per heavy atom. The fourth-order valence-electron chi connectivity index (χ4n) is 2.28. The van der Waals surface area contributed by atoms with Gasteiger partial charge in [0.2, 0.25) is 5.89 Å². The molecule has 0 bridgehead atoms. The Labute approximate surface area is 142 Å². The number of anilines is 1. The van der Waals surface area contributed by atoms with Crippen LogP contribution in [0.4, 0.5) is 10.5 Å². The lowest BCUT2D eigenvalue weighted by molar-refractivity contribution is 0.131. The lowest BCUT2D eigenvalue weighted by atomic mass is 10.2. The zero-order valence-corrected chi connectivity index (χ0v) is 14.6. The standard InChI is InChI=1S/C17H24N4O3/c1-5-6-15-19-16(24-20-15)12(2)18-14-9-7-13(8-10-14)11-21(3)17(22)23-4/h7-10,12,18H,5-6,11H2,1-4H3/t12-/m1/s1. The van der Waals surface area contributed by atoms with Crippen LogP contribution in [0, 0.1) is 0 Å². The van der Waals surface area contributed by atoms with Crippen LogP contribution in [0.2, 0.25) is 0 Å². The average molecular weight is 332 g/mol. The van der Waals surface area contributed by atoms with E-state index < -0.39 is 0 Å². The number of amides is 1. The maximum absolute atomic E-state index is 11.4. The van der Waals surface area contributed by atoms with Crippen molar-refractivity contribution in [3.05, 3.63) is 41.5 Å². The Morgan fingerprint density at radius 1 is 1.38 bits per heavy atom. The lowest BCUT2D eigenvalue weighted by Crippen LogP contribution is -2.25. The van der Waals surface area contributed by atoms with E-state index in [1.165, 1.54) is 12.0 Å². The van der Waals surface area contributed by atoms with E-state index in [1.54, 1.807) is 7.05 Å². The van der Waals surface area contributed by atoms with Crippen LogP contribution < -0.4 is 5.32 Å². The average Bonchev–Trinajstić information content (AvgIpc) is 3.05. The van der Waals surface area contributed by atoms with Crippen LogP contribution in [0.3, 0.4) is 0 Å². The molecule has 0 unspecified atom stereocenters. The second-order valence-corrected chi connectivity index (χ2v) is 5.69. The summed E-state index contributed by atoms with van der Waals surface area (Å²) in [7, 11) is 3.07. The van der Waals surface area contributed by atoms with Crippen LogP contribution >= 0.6 is 0 Å². The van der Waals surface area contributed by atoms with Gasteiger partial charge in [-0.1, -0.05) is 24.2 Å². The molecule has 1 aromatic heterocycles. The van der Waals surface area contributed by atoms with Crippen molar-refractivity contribution in [3.63, 3.8) is 0 Å². The molecule has 0 spiro atoms. The molecular weight excluding hydrogens is 308 g/mol. The van der Waals surface area contributed by atoms with Crippen LogP contribution in [-0.2, 0) is 17.7 Å². The minimum Gasteiger partial charge on any atom is -0.453 e. The number of aryl methyl sites for hydroxylation is 1. The summed E-state index contributed by atoms with van der Waals surface area (Å²) in [5.74, 6) is 1.32. The zero-order valence-electron chi connectivity index (χ0n) is 14.6. The Hall–Kier alpha value is -2.57. The Morgan fingerprint density at radius 2 is 2.08 bits per heavy atom. The van der Waals surface area contributed by atoms with Gasteiger partial charge in [0.05, 0.1) is 7.11 Å². The maximum Gasteiger partial charge on any atom is 0.409 e. The number of nitrogens with one attached hydrogen (secondary N) is 1. The van der Waals surface area contributed by atoms with E-state index in [-0.39, 0.29) is 12.1 Å². The largest absolute Gasteiger partial charge is 0.453 e. The molecule has 7 nitrogen and oxygen atoms in total. The Bertz CT molecular complexity index is 654. The molecule has 2 aromatic rings. The highest BCUT2D eigenvalue weighted by molar-refractivity contribution is 5.67. The van der Waals surface area contributed by atoms with Crippen molar-refractivity contribution in [2.24, 2.45) is 0 Å². The zero-order chi connectivity index (χ0) is 17.5. The van der Waals surface area contributed by atoms with Crippen LogP contribution in [-0.4, -0.2) is 35.3 Å². The highest BCUT2D eigenvalue weighted by atomic mass is 16.5. The molecule has 7 heteroatoms. The van der Waals surface area contributed by atoms with Gasteiger partial charge in [0.15, 0.2) is 5.82 Å². The highest BCUT2D eigenvalue weighted by Crippen LogP contribution is 2.19. The summed E-state index contributed by atoms with van der Waals surface area (Å²) in [6.45, 7) is 4.55. The smallest absolute Gasteiger partial charge is 0.409 e. The maximum atomic E-state index is 11.4. The summed E-state index contributed by atoms with van der Waals surface area (Å²) in [5.41, 5.74) is 1.96. The Kier molecular flexibility index (Phi) is 6.17. The third-order valence-electron chi connectivity index (χ3n) is 3.57. The monoisotopic (exact) mass is 332 g/mol. The van der Waals surface area contributed by atoms with Gasteiger partial charge in [-0.2, -0.15) is 4.98 Å². The first-order valence-corrected chi connectivity index (χ1v) is 8.00. The molecule has 1 heterocycles. The molecule has 1 amide bonds. The number of rotatable bonds is 7. The van der Waals surface area contributed by atoms with Gasteiger partial charge in [-0.3, -0.25) is 0 Å². The molecular formula is C17H24N4O3. The minimum atomic E-state index is -0.356. The third-order valence-corrected chi connectivity index (χ3v) is 3.57. The van der Waals surface area contributed by atoms with Crippen molar-refractivity contribution < 1.29 is 14.1 Å². The number of hydrogen-bond acceptors (Lipinski definition) is 6. The molecule has 1 N–H and O–H groups in total. The van der Waals surface area contributed by atoms with Crippen molar-refractivity contribution in [2.75, 3.05) is 19.5 Å². The van der Waals surface area contributed by atoms with Crippen molar-refractivity contribution in [1.82, 2.24) is 15.0 Å². The molecule has 0 aliphatic carbocycles. The molecule has 0 saturated heterocycles. The SMILES string of the molecule is CCCc1noc([C@@H](C)Nc2ccc(CN(C)C(=O)OC)cc2)n1. The molecule has 24 heavy (non-hydrogen) atoms. The van der Waals surface area contributed by atoms with Gasteiger partial charge in [0.1, 0.15) is 6.04 Å². The van der Waals surface area contributed by atoms with Crippen molar-refractivity contribution in [1.29, 1.82) is 0 Å². The fourth-order valence-corrected chi connectivity index (χ4v) is 2.28. The normalized spacial score (nSPS) is 11.8. The number of aromatic nitrogens is 2. The van der Waals surface area contributed by atoms with Crippen LogP contribution in [0.15, 0.2) is 28.8 Å². The molecule has 0 aliphatic heterocycles. The van der Waals surface area contributed by atoms with Gasteiger partial charge in [-0.05, 0) is 31.0 Å². The first-order valence-electron chi connectivity index (χ1n) is 8.00. The Balaban J connectivity index is 1.94. The molecule has 130 valence electrons. The van der Waals surface area contributed by atoms with E-state index in [9.17, 15) is 4.79 Å². The van der Waals surface area contributed by atoms with Gasteiger partial charge in [0, 0.05) is 25.7 Å². The molecule has 2 rings (SSSR count). The molecule has 0 saturated carbocycles. The number of carbonyl (C=O) groups excluding carboxylic acids is 1. The first kappa shape index (κ1) is 17.8. The van der Waals surface area contributed by atoms with E-state index in [4.69, 9.17) is 4.52 Å². The van der Waals surface area contributed by atoms with Gasteiger partial charge in [-0.15, -0.1) is 0 Å². The molecule has 0 radical (unpaired) electrons. The summed E-state index contributed by atoms with van der Waals surface area (Å²) >= 11 is 0. The van der Waals surface area contributed by atoms with Crippen LogP contribution in [0.5, 0.6) is 0 Å². The number of ether oxygens (including phenoxy) is 1. The first-order chi connectivity index (χ1) is 11.5. The van der Waals surface area contributed by atoms with E-state index in [1.807, 2.05) is 31.2 Å². The van der Waals surface area contributed by atoms with Gasteiger partial charge < -0.3 is 19.5 Å². The van der Waals surface area contributed by atoms with Gasteiger partial charge in [0.25, 0.3) is 0 Å². The molecule has 0 fully saturated rings. The summed E-state index contributed by atoms with van der Waals surface area (Å²) in [6, 6.07) is 7.77. The predicted octanol–water partition coefficient (Wildman–Crippen LogP) is 3.39. The fraction of sp³-hybridized carbons (Fsp3) is 0.471. The third kappa shape index (κ3) is 4.71.